The second kappa shape index (κ2) is 10.1. The molecular formula is C29H35N9O. The predicted molar refractivity (Wildman–Crippen MR) is 152 cm³/mol. The Kier molecular flexibility index (Phi) is 6.28. The number of aromatic nitrogens is 5. The molecule has 10 nitrogen and oxygen atoms in total. The Morgan fingerprint density at radius 3 is 2.49 bits per heavy atom. The van der Waals surface area contributed by atoms with Gasteiger partial charge < -0.3 is 25.2 Å². The minimum atomic E-state index is 0.0725. The zero-order chi connectivity index (χ0) is 26.3. The van der Waals surface area contributed by atoms with E-state index in [2.05, 4.69) is 42.1 Å². The summed E-state index contributed by atoms with van der Waals surface area (Å²) in [6.45, 7) is 9.55. The van der Waals surface area contributed by atoms with Crippen molar-refractivity contribution in [2.75, 3.05) is 55.6 Å². The molecule has 3 aliphatic heterocycles. The number of phenolic OH excluding ortho intramolecular Hbond substituents is 1. The summed E-state index contributed by atoms with van der Waals surface area (Å²) in [5.41, 5.74) is 5.59. The normalized spacial score (nSPS) is 20.9. The van der Waals surface area contributed by atoms with Gasteiger partial charge in [0.15, 0.2) is 5.65 Å². The molecule has 3 aliphatic rings. The van der Waals surface area contributed by atoms with E-state index >= 15 is 0 Å². The lowest BCUT2D eigenvalue weighted by molar-refractivity contribution is 0.153. The lowest BCUT2D eigenvalue weighted by Gasteiger charge is -2.41. The van der Waals surface area contributed by atoms with Gasteiger partial charge in [0.1, 0.15) is 5.75 Å². The first-order valence-electron chi connectivity index (χ1n) is 14.1. The van der Waals surface area contributed by atoms with Crippen molar-refractivity contribution in [2.45, 2.75) is 38.3 Å². The van der Waals surface area contributed by atoms with E-state index in [0.717, 1.165) is 80.9 Å². The number of anilines is 2. The summed E-state index contributed by atoms with van der Waals surface area (Å²) in [5.74, 6) is 0.953. The van der Waals surface area contributed by atoms with Crippen molar-refractivity contribution in [3.05, 3.63) is 54.0 Å². The van der Waals surface area contributed by atoms with Gasteiger partial charge in [-0.2, -0.15) is 0 Å². The van der Waals surface area contributed by atoms with E-state index in [1.54, 1.807) is 6.07 Å². The quantitative estimate of drug-likeness (QED) is 0.370. The number of aromatic hydroxyl groups is 1. The molecule has 0 bridgehead atoms. The largest absolute Gasteiger partial charge is 0.507 e. The van der Waals surface area contributed by atoms with Crippen LogP contribution >= 0.6 is 0 Å². The second-order valence-electron chi connectivity index (χ2n) is 10.9. The lowest BCUT2D eigenvalue weighted by Crippen LogP contribution is -2.52. The fourth-order valence-electron chi connectivity index (χ4n) is 6.56. The zero-order valence-electron chi connectivity index (χ0n) is 22.3. The highest BCUT2D eigenvalue weighted by atomic mass is 16.3. The lowest BCUT2D eigenvalue weighted by atomic mass is 9.97. The molecule has 2 saturated heterocycles. The van der Waals surface area contributed by atoms with E-state index in [9.17, 15) is 5.11 Å². The number of nitrogens with one attached hydrogen (secondary N) is 2. The molecule has 3 aromatic heterocycles. The summed E-state index contributed by atoms with van der Waals surface area (Å²) in [6.07, 6.45) is 7.34. The Morgan fingerprint density at radius 2 is 1.72 bits per heavy atom. The second-order valence-corrected chi connectivity index (χ2v) is 10.9. The number of hydrogen-bond acceptors (Lipinski definition) is 9. The van der Waals surface area contributed by atoms with Gasteiger partial charge in [-0.3, -0.25) is 4.90 Å². The van der Waals surface area contributed by atoms with Crippen molar-refractivity contribution >= 4 is 22.7 Å². The van der Waals surface area contributed by atoms with Crippen LogP contribution < -0.4 is 15.1 Å². The summed E-state index contributed by atoms with van der Waals surface area (Å²) in [4.78, 5) is 20.5. The van der Waals surface area contributed by atoms with Crippen LogP contribution in [-0.4, -0.2) is 87.0 Å². The standard InChI is InChI=1S/C29H35N9O/c1-19-27-23-16-25(22-4-2-3-5-26(22)39)34-35-28(23)33-24(27)8-11-38(19)29-31-17-21(18-32-29)37-14-12-36(13-15-37)20-6-9-30-10-7-20/h2-5,16-20,30,39H,6-15H2,1H3,(H,33,35)/t19-/m1/s1. The fourth-order valence-corrected chi connectivity index (χ4v) is 6.56. The summed E-state index contributed by atoms with van der Waals surface area (Å²) in [7, 11) is 0. The Bertz CT molecular complexity index is 1460. The number of rotatable bonds is 4. The predicted octanol–water partition coefficient (Wildman–Crippen LogP) is 3.12. The summed E-state index contributed by atoms with van der Waals surface area (Å²) in [5, 5.41) is 23.7. The average Bonchev–Trinajstić information content (AvgIpc) is 3.37. The third-order valence-corrected chi connectivity index (χ3v) is 8.73. The number of hydrogen-bond donors (Lipinski definition) is 3. The first-order valence-corrected chi connectivity index (χ1v) is 14.1. The van der Waals surface area contributed by atoms with Crippen LogP contribution in [0.3, 0.4) is 0 Å². The highest BCUT2D eigenvalue weighted by molar-refractivity contribution is 5.86. The van der Waals surface area contributed by atoms with E-state index in [1.165, 1.54) is 24.1 Å². The van der Waals surface area contributed by atoms with Crippen LogP contribution in [0.5, 0.6) is 5.75 Å². The van der Waals surface area contributed by atoms with Crippen molar-refractivity contribution in [1.82, 2.24) is 35.4 Å². The maximum atomic E-state index is 10.3. The number of para-hydroxylation sites is 1. The topological polar surface area (TPSA) is 109 Å². The molecular weight excluding hydrogens is 490 g/mol. The highest BCUT2D eigenvalue weighted by Gasteiger charge is 2.31. The van der Waals surface area contributed by atoms with Gasteiger partial charge in [0.25, 0.3) is 0 Å². The zero-order valence-corrected chi connectivity index (χ0v) is 22.3. The minimum Gasteiger partial charge on any atom is -0.507 e. The molecule has 3 N–H and O–H groups in total. The van der Waals surface area contributed by atoms with Crippen molar-refractivity contribution < 1.29 is 5.11 Å². The smallest absolute Gasteiger partial charge is 0.225 e. The molecule has 6 heterocycles. The van der Waals surface area contributed by atoms with Crippen LogP contribution in [0.1, 0.15) is 37.1 Å². The Labute approximate surface area is 228 Å². The van der Waals surface area contributed by atoms with Crippen LogP contribution in [0.25, 0.3) is 22.3 Å². The Balaban J connectivity index is 1.09. The maximum absolute atomic E-state index is 10.3. The SMILES string of the molecule is C[C@@H]1c2c([nH]c3nnc(-c4ccccc4O)cc23)CCN1c1ncc(N2CCN(C3CCNCC3)CC2)cn1. The highest BCUT2D eigenvalue weighted by Crippen LogP contribution is 2.38. The molecule has 0 unspecified atom stereocenters. The third kappa shape index (κ3) is 4.47. The minimum absolute atomic E-state index is 0.0725. The van der Waals surface area contributed by atoms with Crippen LogP contribution in [-0.2, 0) is 6.42 Å². The Morgan fingerprint density at radius 1 is 0.949 bits per heavy atom. The molecule has 1 atom stereocenters. The molecule has 202 valence electrons. The van der Waals surface area contributed by atoms with Crippen molar-refractivity contribution in [1.29, 1.82) is 0 Å². The first-order chi connectivity index (χ1) is 19.2. The first kappa shape index (κ1) is 24.3. The van der Waals surface area contributed by atoms with Gasteiger partial charge in [-0.05, 0) is 51.1 Å². The molecule has 39 heavy (non-hydrogen) atoms. The molecule has 0 aliphatic carbocycles. The van der Waals surface area contributed by atoms with Crippen molar-refractivity contribution in [3.8, 4) is 17.0 Å². The molecule has 10 heteroatoms. The van der Waals surface area contributed by atoms with E-state index in [4.69, 9.17) is 9.97 Å². The van der Waals surface area contributed by atoms with Crippen LogP contribution in [0, 0.1) is 0 Å². The van der Waals surface area contributed by atoms with E-state index in [0.29, 0.717) is 11.3 Å². The molecule has 0 spiro atoms. The molecule has 1 aromatic carbocycles. The third-order valence-electron chi connectivity index (χ3n) is 8.73. The van der Waals surface area contributed by atoms with Gasteiger partial charge in [0, 0.05) is 67.4 Å². The fraction of sp³-hybridized carbons (Fsp3) is 0.448. The molecule has 0 amide bonds. The van der Waals surface area contributed by atoms with E-state index in [1.807, 2.05) is 36.7 Å². The Hall–Kier alpha value is -3.76. The number of H-pyrrole nitrogens is 1. The van der Waals surface area contributed by atoms with Gasteiger partial charge in [-0.1, -0.05) is 12.1 Å². The number of phenols is 1. The average molecular weight is 526 g/mol. The van der Waals surface area contributed by atoms with Gasteiger partial charge in [-0.15, -0.1) is 10.2 Å². The van der Waals surface area contributed by atoms with Gasteiger partial charge in [0.05, 0.1) is 29.8 Å². The van der Waals surface area contributed by atoms with Crippen LogP contribution in [0.4, 0.5) is 11.6 Å². The number of benzene rings is 1. The van der Waals surface area contributed by atoms with Crippen molar-refractivity contribution in [2.24, 2.45) is 0 Å². The van der Waals surface area contributed by atoms with Gasteiger partial charge >= 0.3 is 0 Å². The molecule has 2 fully saturated rings. The number of fused-ring (bicyclic) bond motifs is 3. The summed E-state index contributed by atoms with van der Waals surface area (Å²) < 4.78 is 0. The number of nitrogens with zero attached hydrogens (tertiary/aromatic N) is 7. The van der Waals surface area contributed by atoms with E-state index in [-0.39, 0.29) is 11.8 Å². The number of aromatic amines is 1. The number of piperazine rings is 1. The summed E-state index contributed by atoms with van der Waals surface area (Å²) in [6, 6.07) is 10.1. The van der Waals surface area contributed by atoms with Gasteiger partial charge in [0.2, 0.25) is 5.95 Å². The van der Waals surface area contributed by atoms with Crippen LogP contribution in [0.15, 0.2) is 42.7 Å². The monoisotopic (exact) mass is 525 g/mol. The molecule has 0 saturated carbocycles. The van der Waals surface area contributed by atoms with Gasteiger partial charge in [-0.25, -0.2) is 9.97 Å². The summed E-state index contributed by atoms with van der Waals surface area (Å²) >= 11 is 0. The van der Waals surface area contributed by atoms with E-state index < -0.39 is 0 Å². The molecule has 7 rings (SSSR count). The van der Waals surface area contributed by atoms with Crippen molar-refractivity contribution in [3.63, 3.8) is 0 Å². The molecule has 0 radical (unpaired) electrons. The van der Waals surface area contributed by atoms with Crippen LogP contribution in [0.2, 0.25) is 0 Å². The number of piperidine rings is 1. The maximum Gasteiger partial charge on any atom is 0.225 e. The molecule has 4 aromatic rings.